The Balaban J connectivity index is 1.84. The fourth-order valence-corrected chi connectivity index (χ4v) is 2.76. The highest BCUT2D eigenvalue weighted by molar-refractivity contribution is 5.94. The Kier molecular flexibility index (Phi) is 6.03. The van der Waals surface area contributed by atoms with Gasteiger partial charge in [-0.25, -0.2) is 4.39 Å². The molecule has 0 aliphatic carbocycles. The molecule has 6 nitrogen and oxygen atoms in total. The molecule has 3 aromatic rings. The molecule has 2 atom stereocenters. The summed E-state index contributed by atoms with van der Waals surface area (Å²) in [6.07, 6.45) is 0.786. The number of aromatic nitrogens is 2. The van der Waals surface area contributed by atoms with Crippen molar-refractivity contribution in [3.63, 3.8) is 0 Å². The summed E-state index contributed by atoms with van der Waals surface area (Å²) in [7, 11) is 1.60. The van der Waals surface area contributed by atoms with Crippen LogP contribution in [0.4, 0.5) is 4.39 Å². The van der Waals surface area contributed by atoms with E-state index in [1.807, 2.05) is 38.1 Å². The van der Waals surface area contributed by atoms with Crippen molar-refractivity contribution < 1.29 is 18.4 Å². The van der Waals surface area contributed by atoms with E-state index >= 15 is 0 Å². The molecule has 3 rings (SSSR count). The number of carbonyl (C=O) groups excluding carboxylic acids is 1. The summed E-state index contributed by atoms with van der Waals surface area (Å²) in [6, 6.07) is 12.3. The smallest absolute Gasteiger partial charge is 0.252 e. The van der Waals surface area contributed by atoms with E-state index in [1.165, 1.54) is 18.2 Å². The van der Waals surface area contributed by atoms with Gasteiger partial charge < -0.3 is 14.6 Å². The number of methoxy groups -OCH3 is 1. The van der Waals surface area contributed by atoms with E-state index in [0.717, 1.165) is 17.7 Å². The van der Waals surface area contributed by atoms with Gasteiger partial charge in [-0.05, 0) is 48.4 Å². The van der Waals surface area contributed by atoms with Gasteiger partial charge in [-0.2, -0.15) is 4.98 Å². The molecule has 7 heteroatoms. The third-order valence-corrected chi connectivity index (χ3v) is 4.64. The van der Waals surface area contributed by atoms with E-state index in [4.69, 9.17) is 9.26 Å². The van der Waals surface area contributed by atoms with Gasteiger partial charge in [0.25, 0.3) is 5.91 Å². The molecule has 0 saturated heterocycles. The maximum absolute atomic E-state index is 13.4. The second-order valence-corrected chi connectivity index (χ2v) is 6.53. The van der Waals surface area contributed by atoms with Crippen molar-refractivity contribution in [3.05, 3.63) is 65.8 Å². The lowest BCUT2D eigenvalue weighted by Crippen LogP contribution is -2.32. The van der Waals surface area contributed by atoms with Gasteiger partial charge in [-0.3, -0.25) is 4.79 Å². The minimum absolute atomic E-state index is 0.0432. The predicted octanol–water partition coefficient (Wildman–Crippen LogP) is 4.40. The standard InChI is InChI=1S/C21H22FN3O3/c1-4-13(2)18(23-20(26)15-6-5-7-16(22)12-15)21-24-19(25-28-21)14-8-10-17(27-3)11-9-14/h5-13,18H,4H2,1-3H3,(H,23,26)/t13-,18-/m1/s1. The molecule has 1 amide bonds. The number of carbonyl (C=O) groups is 1. The molecule has 0 aliphatic rings. The number of hydrogen-bond donors (Lipinski definition) is 1. The van der Waals surface area contributed by atoms with Gasteiger partial charge in [-0.15, -0.1) is 0 Å². The van der Waals surface area contributed by atoms with E-state index in [2.05, 4.69) is 15.5 Å². The van der Waals surface area contributed by atoms with Gasteiger partial charge in [-0.1, -0.05) is 31.5 Å². The first-order valence-corrected chi connectivity index (χ1v) is 9.06. The summed E-state index contributed by atoms with van der Waals surface area (Å²) >= 11 is 0. The normalized spacial score (nSPS) is 13.0. The predicted molar refractivity (Wildman–Crippen MR) is 102 cm³/mol. The second kappa shape index (κ2) is 8.65. The van der Waals surface area contributed by atoms with Gasteiger partial charge in [0.05, 0.1) is 7.11 Å². The van der Waals surface area contributed by atoms with Crippen LogP contribution in [0.1, 0.15) is 42.6 Å². The molecule has 0 saturated carbocycles. The highest BCUT2D eigenvalue weighted by atomic mass is 19.1. The minimum Gasteiger partial charge on any atom is -0.497 e. The van der Waals surface area contributed by atoms with Crippen molar-refractivity contribution in [2.24, 2.45) is 5.92 Å². The fraction of sp³-hybridized carbons (Fsp3) is 0.286. The average Bonchev–Trinajstić information content (AvgIpc) is 3.21. The zero-order chi connectivity index (χ0) is 20.1. The molecule has 1 N–H and O–H groups in total. The molecular weight excluding hydrogens is 361 g/mol. The second-order valence-electron chi connectivity index (χ2n) is 6.53. The van der Waals surface area contributed by atoms with Gasteiger partial charge >= 0.3 is 0 Å². The number of benzene rings is 2. The maximum Gasteiger partial charge on any atom is 0.252 e. The van der Waals surface area contributed by atoms with Crippen LogP contribution in [-0.4, -0.2) is 23.2 Å². The Morgan fingerprint density at radius 1 is 1.25 bits per heavy atom. The zero-order valence-electron chi connectivity index (χ0n) is 16.0. The Hall–Kier alpha value is -3.22. The van der Waals surface area contributed by atoms with E-state index in [-0.39, 0.29) is 11.5 Å². The molecule has 28 heavy (non-hydrogen) atoms. The SMILES string of the molecule is CC[C@@H](C)[C@@H](NC(=O)c1cccc(F)c1)c1nc(-c2ccc(OC)cc2)no1. The molecule has 0 bridgehead atoms. The summed E-state index contributed by atoms with van der Waals surface area (Å²) in [5.74, 6) is 0.645. The lowest BCUT2D eigenvalue weighted by molar-refractivity contribution is 0.0909. The third-order valence-electron chi connectivity index (χ3n) is 4.64. The summed E-state index contributed by atoms with van der Waals surface area (Å²) in [5.41, 5.74) is 1.01. The van der Waals surface area contributed by atoms with Crippen LogP contribution < -0.4 is 10.1 Å². The minimum atomic E-state index is -0.486. The summed E-state index contributed by atoms with van der Waals surface area (Å²) < 4.78 is 24.0. The van der Waals surface area contributed by atoms with Crippen molar-refractivity contribution >= 4 is 5.91 Å². The van der Waals surface area contributed by atoms with Crippen LogP contribution in [0, 0.1) is 11.7 Å². The maximum atomic E-state index is 13.4. The number of amides is 1. The molecule has 1 aromatic heterocycles. The van der Waals surface area contributed by atoms with Crippen molar-refractivity contribution in [2.45, 2.75) is 26.3 Å². The first-order valence-electron chi connectivity index (χ1n) is 9.06. The number of nitrogens with one attached hydrogen (secondary N) is 1. The highest BCUT2D eigenvalue weighted by Crippen LogP contribution is 2.27. The van der Waals surface area contributed by atoms with Gasteiger partial charge in [0.2, 0.25) is 11.7 Å². The van der Waals surface area contributed by atoms with Gasteiger partial charge in [0.1, 0.15) is 17.6 Å². The zero-order valence-corrected chi connectivity index (χ0v) is 16.0. The Bertz CT molecular complexity index is 940. The lowest BCUT2D eigenvalue weighted by atomic mass is 9.98. The molecule has 0 aliphatic heterocycles. The van der Waals surface area contributed by atoms with Crippen molar-refractivity contribution in [3.8, 4) is 17.1 Å². The van der Waals surface area contributed by atoms with Crippen molar-refractivity contribution in [1.82, 2.24) is 15.5 Å². The van der Waals surface area contributed by atoms with Crippen LogP contribution in [0.2, 0.25) is 0 Å². The molecular formula is C21H22FN3O3. The van der Waals surface area contributed by atoms with E-state index in [9.17, 15) is 9.18 Å². The van der Waals surface area contributed by atoms with Gasteiger partial charge in [0, 0.05) is 11.1 Å². The molecule has 0 radical (unpaired) electrons. The van der Waals surface area contributed by atoms with E-state index < -0.39 is 17.8 Å². The van der Waals surface area contributed by atoms with E-state index in [1.54, 1.807) is 13.2 Å². The van der Waals surface area contributed by atoms with Crippen LogP contribution in [0.15, 0.2) is 53.1 Å². The average molecular weight is 383 g/mol. The number of hydrogen-bond acceptors (Lipinski definition) is 5. The fourth-order valence-electron chi connectivity index (χ4n) is 2.76. The van der Waals surface area contributed by atoms with Crippen LogP contribution in [-0.2, 0) is 0 Å². The monoisotopic (exact) mass is 383 g/mol. The van der Waals surface area contributed by atoms with Crippen molar-refractivity contribution in [2.75, 3.05) is 7.11 Å². The number of halogens is 1. The highest BCUT2D eigenvalue weighted by Gasteiger charge is 2.27. The summed E-state index contributed by atoms with van der Waals surface area (Å²) in [4.78, 5) is 17.0. The van der Waals surface area contributed by atoms with Crippen LogP contribution in [0.25, 0.3) is 11.4 Å². The first kappa shape index (κ1) is 19.5. The largest absolute Gasteiger partial charge is 0.497 e. The van der Waals surface area contributed by atoms with Gasteiger partial charge in [0.15, 0.2) is 0 Å². The molecule has 0 fully saturated rings. The molecule has 2 aromatic carbocycles. The lowest BCUT2D eigenvalue weighted by Gasteiger charge is -2.20. The summed E-state index contributed by atoms with van der Waals surface area (Å²) in [5, 5.41) is 6.92. The van der Waals surface area contributed by atoms with Crippen molar-refractivity contribution in [1.29, 1.82) is 0 Å². The Labute approximate surface area is 162 Å². The molecule has 0 spiro atoms. The number of ether oxygens (including phenoxy) is 1. The molecule has 1 heterocycles. The first-order chi connectivity index (χ1) is 13.5. The quantitative estimate of drug-likeness (QED) is 0.654. The van der Waals surface area contributed by atoms with E-state index in [0.29, 0.717) is 11.7 Å². The Morgan fingerprint density at radius 3 is 2.64 bits per heavy atom. The number of nitrogens with zero attached hydrogens (tertiary/aromatic N) is 2. The number of rotatable bonds is 7. The van der Waals surface area contributed by atoms with Crippen LogP contribution >= 0.6 is 0 Å². The molecule has 146 valence electrons. The van der Waals surface area contributed by atoms with Crippen LogP contribution in [0.5, 0.6) is 5.75 Å². The topological polar surface area (TPSA) is 77.2 Å². The Morgan fingerprint density at radius 2 is 2.00 bits per heavy atom. The third kappa shape index (κ3) is 4.36. The molecule has 0 unspecified atom stereocenters. The van der Waals surface area contributed by atoms with Crippen LogP contribution in [0.3, 0.4) is 0 Å². The summed E-state index contributed by atoms with van der Waals surface area (Å²) in [6.45, 7) is 3.99.